The van der Waals surface area contributed by atoms with Gasteiger partial charge >= 0.3 is 19.8 Å². The van der Waals surface area contributed by atoms with E-state index in [1.165, 1.54) is 109 Å². The van der Waals surface area contributed by atoms with Gasteiger partial charge in [0, 0.05) is 6.42 Å². The van der Waals surface area contributed by atoms with Gasteiger partial charge in [0.15, 0.2) is 6.10 Å². The van der Waals surface area contributed by atoms with Crippen molar-refractivity contribution in [3.63, 3.8) is 0 Å². The first-order valence-corrected chi connectivity index (χ1v) is 27.9. The standard InChI is InChI=1S/C50H96NO13P/c1-4-7-10-13-15-17-19-21-23-25-27-30-33-36-41(53)38-45(56)62-49-47(51-44(55)37-34-31-28-26-24-22-20-18-16-14-11-8-5-2)50(61-43(40-52)48(49)64-65(58,59)60)63-46(57)39-42(54)35-32-29-12-9-6-3/h41-43,47-50,52-54H,4-40H2,1-3H3,(H,51,55)(H2,58,59,60)/t41-,42-,43-,47-,48-,49-,50-/m1/s1. The molecule has 0 aliphatic carbocycles. The molecule has 1 rings (SSSR count). The van der Waals surface area contributed by atoms with Crippen molar-refractivity contribution in [2.75, 3.05) is 6.61 Å². The van der Waals surface area contributed by atoms with Crippen LogP contribution in [-0.2, 0) is 37.7 Å². The lowest BCUT2D eigenvalue weighted by Gasteiger charge is -2.44. The predicted molar refractivity (Wildman–Crippen MR) is 256 cm³/mol. The van der Waals surface area contributed by atoms with Crippen molar-refractivity contribution in [2.45, 2.75) is 295 Å². The number of nitrogens with one attached hydrogen (secondary N) is 1. The summed E-state index contributed by atoms with van der Waals surface area (Å²) in [4.78, 5) is 59.9. The Morgan fingerprint density at radius 2 is 0.892 bits per heavy atom. The fraction of sp³-hybridized carbons (Fsp3) is 0.940. The molecule has 0 unspecified atom stereocenters. The van der Waals surface area contributed by atoms with E-state index in [1.54, 1.807) is 0 Å². The molecule has 1 aliphatic rings. The van der Waals surface area contributed by atoms with Crippen LogP contribution in [-0.4, -0.2) is 92.4 Å². The van der Waals surface area contributed by atoms with Crippen LogP contribution < -0.4 is 5.32 Å². The quantitative estimate of drug-likeness (QED) is 0.0190. The molecule has 0 aromatic heterocycles. The van der Waals surface area contributed by atoms with Crippen molar-refractivity contribution in [1.29, 1.82) is 0 Å². The Morgan fingerprint density at radius 3 is 1.26 bits per heavy atom. The van der Waals surface area contributed by atoms with Crippen LogP contribution in [0.25, 0.3) is 0 Å². The number of hydrogen-bond donors (Lipinski definition) is 6. The van der Waals surface area contributed by atoms with Gasteiger partial charge in [-0.3, -0.25) is 18.9 Å². The number of unbranched alkanes of at least 4 members (excludes halogenated alkanes) is 28. The predicted octanol–water partition coefficient (Wildman–Crippen LogP) is 10.9. The third-order valence-electron chi connectivity index (χ3n) is 12.5. The third-order valence-corrected chi connectivity index (χ3v) is 13.0. The second kappa shape index (κ2) is 40.3. The molecular weight excluding hydrogens is 854 g/mol. The molecule has 1 aliphatic heterocycles. The van der Waals surface area contributed by atoms with Crippen LogP contribution in [0.2, 0.25) is 0 Å². The van der Waals surface area contributed by atoms with Gasteiger partial charge in [-0.2, -0.15) is 0 Å². The summed E-state index contributed by atoms with van der Waals surface area (Å²) in [5, 5.41) is 34.4. The van der Waals surface area contributed by atoms with Gasteiger partial charge in [0.05, 0.1) is 31.7 Å². The van der Waals surface area contributed by atoms with Crippen LogP contribution in [0.5, 0.6) is 0 Å². The number of carbonyl (C=O) groups is 3. The molecule has 0 aromatic rings. The van der Waals surface area contributed by atoms with Crippen molar-refractivity contribution in [1.82, 2.24) is 5.32 Å². The lowest BCUT2D eigenvalue weighted by Crippen LogP contribution is -2.66. The van der Waals surface area contributed by atoms with Gasteiger partial charge in [-0.1, -0.05) is 213 Å². The number of hydrogen-bond acceptors (Lipinski definition) is 11. The molecule has 0 radical (unpaired) electrons. The summed E-state index contributed by atoms with van der Waals surface area (Å²) in [5.74, 6) is -2.32. The van der Waals surface area contributed by atoms with Gasteiger partial charge in [-0.15, -0.1) is 0 Å². The van der Waals surface area contributed by atoms with E-state index in [2.05, 4.69) is 26.1 Å². The highest BCUT2D eigenvalue weighted by Gasteiger charge is 2.53. The minimum Gasteiger partial charge on any atom is -0.457 e. The smallest absolute Gasteiger partial charge is 0.457 e. The summed E-state index contributed by atoms with van der Waals surface area (Å²) in [5.41, 5.74) is 0. The summed E-state index contributed by atoms with van der Waals surface area (Å²) in [6.07, 6.45) is 25.7. The molecule has 14 nitrogen and oxygen atoms in total. The van der Waals surface area contributed by atoms with E-state index in [9.17, 15) is 44.1 Å². The molecule has 65 heavy (non-hydrogen) atoms. The number of amides is 1. The average molecular weight is 950 g/mol. The summed E-state index contributed by atoms with van der Waals surface area (Å²) in [6.45, 7) is 5.67. The van der Waals surface area contributed by atoms with Crippen LogP contribution >= 0.6 is 7.82 Å². The second-order valence-electron chi connectivity index (χ2n) is 18.8. The number of aliphatic hydroxyl groups is 3. The first-order valence-electron chi connectivity index (χ1n) is 26.4. The summed E-state index contributed by atoms with van der Waals surface area (Å²) in [6, 6.07) is -1.51. The average Bonchev–Trinajstić information content (AvgIpc) is 3.25. The number of phosphoric acid groups is 1. The number of esters is 2. The Morgan fingerprint density at radius 1 is 0.538 bits per heavy atom. The Labute approximate surface area is 394 Å². The molecule has 0 spiro atoms. The number of carbonyl (C=O) groups excluding carboxylic acids is 3. The second-order valence-corrected chi connectivity index (χ2v) is 20.0. The zero-order valence-electron chi connectivity index (χ0n) is 41.2. The summed E-state index contributed by atoms with van der Waals surface area (Å²) < 4.78 is 34.5. The SMILES string of the molecule is CCCCCCCCCCCCCCCC(=O)N[C@H]1[C@@H](OC(=O)C[C@H](O)CCCCCCC)O[C@H](CO)[C@@H](OP(=O)(O)O)[C@@H]1OC(=O)C[C@H](O)CCCCCCCCCCCCCCC. The molecule has 0 bridgehead atoms. The molecule has 15 heteroatoms. The monoisotopic (exact) mass is 950 g/mol. The first-order chi connectivity index (χ1) is 31.3. The van der Waals surface area contributed by atoms with Gasteiger partial charge in [0.1, 0.15) is 18.2 Å². The zero-order chi connectivity index (χ0) is 48.0. The molecule has 6 N–H and O–H groups in total. The van der Waals surface area contributed by atoms with Gasteiger partial charge < -0.3 is 44.6 Å². The highest BCUT2D eigenvalue weighted by Crippen LogP contribution is 2.42. The largest absolute Gasteiger partial charge is 0.470 e. The van der Waals surface area contributed by atoms with Crippen molar-refractivity contribution in [3.05, 3.63) is 0 Å². The minimum absolute atomic E-state index is 0.0671. The van der Waals surface area contributed by atoms with E-state index in [4.69, 9.17) is 18.7 Å². The van der Waals surface area contributed by atoms with Crippen molar-refractivity contribution in [3.8, 4) is 0 Å². The highest BCUT2D eigenvalue weighted by atomic mass is 31.2. The van der Waals surface area contributed by atoms with Crippen LogP contribution in [0.3, 0.4) is 0 Å². The number of phosphoric ester groups is 1. The third kappa shape index (κ3) is 33.5. The van der Waals surface area contributed by atoms with Crippen LogP contribution in [0.4, 0.5) is 0 Å². The van der Waals surface area contributed by atoms with Gasteiger partial charge in [-0.05, 0) is 19.3 Å². The fourth-order valence-corrected chi connectivity index (χ4v) is 9.21. The Bertz CT molecular complexity index is 1220. The maximum atomic E-state index is 13.5. The minimum atomic E-state index is -5.31. The normalized spacial score (nSPS) is 19.8. The molecular formula is C50H96NO13P. The van der Waals surface area contributed by atoms with Gasteiger partial charge in [-0.25, -0.2) is 4.57 Å². The number of aliphatic hydroxyl groups excluding tert-OH is 3. The molecule has 0 saturated carbocycles. The number of rotatable bonds is 44. The first kappa shape index (κ1) is 61.4. The van der Waals surface area contributed by atoms with Gasteiger partial charge in [0.25, 0.3) is 0 Å². The maximum absolute atomic E-state index is 13.5. The number of ether oxygens (including phenoxy) is 3. The van der Waals surface area contributed by atoms with E-state index in [-0.39, 0.29) is 6.42 Å². The Hall–Kier alpha value is -1.64. The van der Waals surface area contributed by atoms with E-state index in [0.29, 0.717) is 32.1 Å². The topological polar surface area (TPSA) is 218 Å². The Kier molecular flexibility index (Phi) is 38.0. The molecule has 1 heterocycles. The summed E-state index contributed by atoms with van der Waals surface area (Å²) in [7, 11) is -5.31. The summed E-state index contributed by atoms with van der Waals surface area (Å²) >= 11 is 0. The van der Waals surface area contributed by atoms with Crippen molar-refractivity contribution < 1.29 is 62.8 Å². The molecule has 384 valence electrons. The molecule has 1 amide bonds. The zero-order valence-corrected chi connectivity index (χ0v) is 42.0. The Balaban J connectivity index is 2.93. The van der Waals surface area contributed by atoms with E-state index in [0.717, 1.165) is 70.6 Å². The fourth-order valence-electron chi connectivity index (χ4n) is 8.64. The molecule has 0 aromatic carbocycles. The highest BCUT2D eigenvalue weighted by molar-refractivity contribution is 7.46. The van der Waals surface area contributed by atoms with Gasteiger partial charge in [0.2, 0.25) is 12.2 Å². The lowest BCUT2D eigenvalue weighted by molar-refractivity contribution is -0.265. The molecule has 1 saturated heterocycles. The molecule has 7 atom stereocenters. The van der Waals surface area contributed by atoms with E-state index in [1.807, 2.05) is 0 Å². The van der Waals surface area contributed by atoms with E-state index >= 15 is 0 Å². The van der Waals surface area contributed by atoms with Crippen molar-refractivity contribution in [2.24, 2.45) is 0 Å². The maximum Gasteiger partial charge on any atom is 0.470 e. The van der Waals surface area contributed by atoms with Crippen LogP contribution in [0.1, 0.15) is 252 Å². The van der Waals surface area contributed by atoms with Crippen LogP contribution in [0, 0.1) is 0 Å². The lowest BCUT2D eigenvalue weighted by atomic mass is 9.96. The van der Waals surface area contributed by atoms with Crippen molar-refractivity contribution >= 4 is 25.7 Å². The van der Waals surface area contributed by atoms with Crippen LogP contribution in [0.15, 0.2) is 0 Å². The molecule has 1 fully saturated rings. The van der Waals surface area contributed by atoms with E-state index < -0.39 is 88.0 Å².